The van der Waals surface area contributed by atoms with E-state index in [1.165, 1.54) is 19.2 Å². The normalized spacial score (nSPS) is 17.1. The number of nitrogens with one attached hydrogen (secondary N) is 1. The lowest BCUT2D eigenvalue weighted by atomic mass is 9.77. The highest BCUT2D eigenvalue weighted by Crippen LogP contribution is 2.37. The van der Waals surface area contributed by atoms with Gasteiger partial charge < -0.3 is 5.32 Å². The summed E-state index contributed by atoms with van der Waals surface area (Å²) in [4.78, 5) is 12.1. The number of nitrogens with zero attached hydrogens (tertiary/aromatic N) is 1. The number of benzene rings is 1. The molecule has 2 rings (SSSR count). The summed E-state index contributed by atoms with van der Waals surface area (Å²) in [6.07, 6.45) is 4.18. The Kier molecular flexibility index (Phi) is 5.18. The molecule has 1 aromatic carbocycles. The van der Waals surface area contributed by atoms with Crippen LogP contribution in [0.4, 0.5) is 4.39 Å². The fraction of sp³-hybridized carbons (Fsp3) is 0.533. The molecule has 0 aliphatic heterocycles. The lowest BCUT2D eigenvalue weighted by Crippen LogP contribution is -2.42. The van der Waals surface area contributed by atoms with Gasteiger partial charge in [-0.3, -0.25) is 4.79 Å². The zero-order chi connectivity index (χ0) is 16.3. The van der Waals surface area contributed by atoms with Crippen LogP contribution in [0.1, 0.15) is 30.9 Å². The molecule has 1 atom stereocenters. The van der Waals surface area contributed by atoms with Crippen LogP contribution in [0.5, 0.6) is 0 Å². The molecule has 0 saturated heterocycles. The van der Waals surface area contributed by atoms with E-state index in [1.54, 1.807) is 12.1 Å². The summed E-state index contributed by atoms with van der Waals surface area (Å²) in [5.41, 5.74) is 0.849. The minimum Gasteiger partial charge on any atom is -0.348 e. The van der Waals surface area contributed by atoms with Crippen LogP contribution in [0.2, 0.25) is 0 Å². The van der Waals surface area contributed by atoms with Crippen molar-refractivity contribution in [3.63, 3.8) is 0 Å². The number of amides is 1. The largest absolute Gasteiger partial charge is 0.348 e. The molecule has 0 bridgehead atoms. The molecule has 22 heavy (non-hydrogen) atoms. The number of halogens is 1. The second-order valence-corrected chi connectivity index (χ2v) is 7.90. The van der Waals surface area contributed by atoms with E-state index in [9.17, 15) is 17.6 Å². The van der Waals surface area contributed by atoms with Gasteiger partial charge >= 0.3 is 0 Å². The van der Waals surface area contributed by atoms with E-state index < -0.39 is 10.0 Å². The smallest absolute Gasteiger partial charge is 0.235 e. The molecule has 5 nitrogen and oxygen atoms in total. The lowest BCUT2D eigenvalue weighted by molar-refractivity contribution is -0.122. The Balaban J connectivity index is 2.07. The second kappa shape index (κ2) is 6.75. The highest BCUT2D eigenvalue weighted by Gasteiger charge is 2.30. The van der Waals surface area contributed by atoms with Gasteiger partial charge in [0.05, 0.1) is 18.8 Å². The first kappa shape index (κ1) is 16.9. The number of carbonyl (C=O) groups is 1. The van der Waals surface area contributed by atoms with Gasteiger partial charge in [0.1, 0.15) is 5.82 Å². The topological polar surface area (TPSA) is 66.5 Å². The first-order valence-corrected chi connectivity index (χ1v) is 9.08. The van der Waals surface area contributed by atoms with Crippen LogP contribution in [0.15, 0.2) is 24.3 Å². The number of hydrogen-bond acceptors (Lipinski definition) is 3. The second-order valence-electron chi connectivity index (χ2n) is 5.81. The number of hydrogen-bond donors (Lipinski definition) is 1. The summed E-state index contributed by atoms with van der Waals surface area (Å²) in [6, 6.07) is 5.87. The van der Waals surface area contributed by atoms with Crippen LogP contribution >= 0.6 is 0 Å². The van der Waals surface area contributed by atoms with Gasteiger partial charge in [-0.1, -0.05) is 18.6 Å². The van der Waals surface area contributed by atoms with E-state index >= 15 is 0 Å². The molecule has 0 aromatic heterocycles. The average Bonchev–Trinajstić information content (AvgIpc) is 2.35. The zero-order valence-corrected chi connectivity index (χ0v) is 13.6. The molecule has 0 radical (unpaired) electrons. The highest BCUT2D eigenvalue weighted by atomic mass is 32.2. The van der Waals surface area contributed by atoms with E-state index in [1.807, 2.05) is 0 Å². The van der Waals surface area contributed by atoms with Gasteiger partial charge in [-0.15, -0.1) is 0 Å². The Morgan fingerprint density at radius 2 is 1.95 bits per heavy atom. The summed E-state index contributed by atoms with van der Waals surface area (Å²) in [7, 11) is -2.03. The molecule has 1 amide bonds. The molecular formula is C15H21FN2O3S. The minimum absolute atomic E-state index is 0.199. The van der Waals surface area contributed by atoms with Crippen LogP contribution < -0.4 is 5.32 Å². The fourth-order valence-electron chi connectivity index (χ4n) is 2.46. The van der Waals surface area contributed by atoms with Crippen molar-refractivity contribution < 1.29 is 17.6 Å². The number of carbonyl (C=O) groups excluding carboxylic acids is 1. The minimum atomic E-state index is -3.39. The number of sulfonamides is 1. The monoisotopic (exact) mass is 328 g/mol. The third kappa shape index (κ3) is 4.27. The molecular weight excluding hydrogens is 307 g/mol. The van der Waals surface area contributed by atoms with Crippen LogP contribution in [0.3, 0.4) is 0 Å². The van der Waals surface area contributed by atoms with Crippen molar-refractivity contribution >= 4 is 15.9 Å². The summed E-state index contributed by atoms with van der Waals surface area (Å²) < 4.78 is 36.8. The fourth-order valence-corrected chi connectivity index (χ4v) is 2.81. The molecule has 1 saturated carbocycles. The molecule has 1 aliphatic carbocycles. The molecule has 0 heterocycles. The van der Waals surface area contributed by atoms with Crippen molar-refractivity contribution in [1.29, 1.82) is 0 Å². The van der Waals surface area contributed by atoms with Gasteiger partial charge in [0, 0.05) is 7.05 Å². The van der Waals surface area contributed by atoms with E-state index in [0.717, 1.165) is 35.4 Å². The van der Waals surface area contributed by atoms with Gasteiger partial charge in [0.25, 0.3) is 0 Å². The van der Waals surface area contributed by atoms with Gasteiger partial charge in [0.2, 0.25) is 15.9 Å². The molecule has 1 N–H and O–H groups in total. The maximum atomic E-state index is 13.1. The van der Waals surface area contributed by atoms with Crippen LogP contribution in [0.25, 0.3) is 0 Å². The number of rotatable bonds is 6. The summed E-state index contributed by atoms with van der Waals surface area (Å²) in [5, 5.41) is 2.89. The quantitative estimate of drug-likeness (QED) is 0.864. The summed E-state index contributed by atoms with van der Waals surface area (Å²) in [6.45, 7) is -0.219. The first-order valence-electron chi connectivity index (χ1n) is 7.23. The van der Waals surface area contributed by atoms with Crippen molar-refractivity contribution in [1.82, 2.24) is 9.62 Å². The van der Waals surface area contributed by atoms with Gasteiger partial charge in [-0.2, -0.15) is 4.31 Å². The van der Waals surface area contributed by atoms with Crippen LogP contribution in [-0.2, 0) is 14.8 Å². The predicted octanol–water partition coefficient (Wildman–Crippen LogP) is 1.67. The molecule has 0 spiro atoms. The van der Waals surface area contributed by atoms with Crippen molar-refractivity contribution in [2.75, 3.05) is 19.8 Å². The maximum absolute atomic E-state index is 13.1. The van der Waals surface area contributed by atoms with Gasteiger partial charge in [-0.25, -0.2) is 12.8 Å². The standard InChI is InChI=1S/C15H21FN2O3S/c1-18(22(2,20)21)10-14(19)17-15(11-4-3-5-11)12-6-8-13(16)9-7-12/h6-9,11,15H,3-5,10H2,1-2H3,(H,17,19). The predicted molar refractivity (Wildman–Crippen MR) is 82.1 cm³/mol. The molecule has 1 aliphatic rings. The van der Waals surface area contributed by atoms with E-state index in [0.29, 0.717) is 5.92 Å². The van der Waals surface area contributed by atoms with Crippen molar-refractivity contribution in [2.45, 2.75) is 25.3 Å². The molecule has 7 heteroatoms. The third-order valence-electron chi connectivity index (χ3n) is 4.10. The summed E-state index contributed by atoms with van der Waals surface area (Å²) >= 11 is 0. The number of likely N-dealkylation sites (N-methyl/N-ethyl adjacent to an activating group) is 1. The molecule has 1 unspecified atom stereocenters. The van der Waals surface area contributed by atoms with Crippen LogP contribution in [0, 0.1) is 11.7 Å². The van der Waals surface area contributed by atoms with E-state index in [-0.39, 0.29) is 24.3 Å². The average molecular weight is 328 g/mol. The van der Waals surface area contributed by atoms with E-state index in [4.69, 9.17) is 0 Å². The molecule has 122 valence electrons. The van der Waals surface area contributed by atoms with Crippen LogP contribution in [-0.4, -0.2) is 38.5 Å². The summed E-state index contributed by atoms with van der Waals surface area (Å²) in [5.74, 6) is -0.355. The molecule has 1 fully saturated rings. The maximum Gasteiger partial charge on any atom is 0.235 e. The zero-order valence-electron chi connectivity index (χ0n) is 12.8. The Labute approximate surface area is 130 Å². The van der Waals surface area contributed by atoms with Crippen molar-refractivity contribution in [3.8, 4) is 0 Å². The SMILES string of the molecule is CN(CC(=O)NC(c1ccc(F)cc1)C1CCC1)S(C)(=O)=O. The van der Waals surface area contributed by atoms with Gasteiger partial charge in [-0.05, 0) is 36.5 Å². The van der Waals surface area contributed by atoms with Crippen molar-refractivity contribution in [2.24, 2.45) is 5.92 Å². The molecule has 1 aromatic rings. The lowest BCUT2D eigenvalue weighted by Gasteiger charge is -2.35. The first-order chi connectivity index (χ1) is 10.3. The van der Waals surface area contributed by atoms with Crippen molar-refractivity contribution in [3.05, 3.63) is 35.6 Å². The van der Waals surface area contributed by atoms with E-state index in [2.05, 4.69) is 5.32 Å². The Morgan fingerprint density at radius 1 is 1.36 bits per heavy atom. The highest BCUT2D eigenvalue weighted by molar-refractivity contribution is 7.88. The Hall–Kier alpha value is -1.47. The third-order valence-corrected chi connectivity index (χ3v) is 5.36. The van der Waals surface area contributed by atoms with Gasteiger partial charge in [0.15, 0.2) is 0 Å². The Morgan fingerprint density at radius 3 is 2.41 bits per heavy atom. The Bertz CT molecular complexity index is 627.